The van der Waals surface area contributed by atoms with Gasteiger partial charge in [0.15, 0.2) is 0 Å². The minimum Gasteiger partial charge on any atom is -0.481 e. The Balaban J connectivity index is 0.000000303. The topological polar surface area (TPSA) is 108 Å². The molecule has 36 heavy (non-hydrogen) atoms. The third-order valence-electron chi connectivity index (χ3n) is 5.44. The molecule has 0 radical (unpaired) electrons. The largest absolute Gasteiger partial charge is 0.481 e. The zero-order valence-corrected chi connectivity index (χ0v) is 19.4. The fourth-order valence-electron chi connectivity index (χ4n) is 3.79. The van der Waals surface area contributed by atoms with Crippen LogP contribution in [0.15, 0.2) is 36.5 Å². The van der Waals surface area contributed by atoms with E-state index in [1.54, 1.807) is 18.2 Å². The first kappa shape index (κ1) is 27.0. The van der Waals surface area contributed by atoms with E-state index in [9.17, 15) is 27.2 Å². The number of rotatable bonds is 9. The molecule has 2 aromatic heterocycles. The van der Waals surface area contributed by atoms with Crippen molar-refractivity contribution in [1.82, 2.24) is 19.8 Å². The number of aromatic nitrogens is 2. The van der Waals surface area contributed by atoms with Crippen molar-refractivity contribution in [2.45, 2.75) is 38.2 Å². The Morgan fingerprint density at radius 3 is 2.67 bits per heavy atom. The molecule has 2 aliphatic heterocycles. The maximum absolute atomic E-state index is 14.4. The highest BCUT2D eigenvalue weighted by molar-refractivity contribution is 5.77. The van der Waals surface area contributed by atoms with Gasteiger partial charge in [-0.15, -0.1) is 0 Å². The van der Waals surface area contributed by atoms with Crippen molar-refractivity contribution >= 4 is 17.8 Å². The van der Waals surface area contributed by atoms with Gasteiger partial charge >= 0.3 is 18.6 Å². The third kappa shape index (κ3) is 8.24. The predicted molar refractivity (Wildman–Crippen MR) is 121 cm³/mol. The highest BCUT2D eigenvalue weighted by atomic mass is 19.3. The Labute approximate surface area is 205 Å². The first-order valence-corrected chi connectivity index (χ1v) is 11.3. The number of urea groups is 1. The van der Waals surface area contributed by atoms with Crippen molar-refractivity contribution in [3.63, 3.8) is 0 Å². The number of carboxylic acid groups (broad SMARTS) is 1. The molecule has 196 valence electrons. The Kier molecular flexibility index (Phi) is 9.25. The number of carboxylic acids is 1. The summed E-state index contributed by atoms with van der Waals surface area (Å²) in [4.78, 5) is 32.9. The van der Waals surface area contributed by atoms with E-state index in [2.05, 4.69) is 20.0 Å². The van der Waals surface area contributed by atoms with Crippen LogP contribution in [-0.2, 0) is 17.6 Å². The molecule has 2 aliphatic rings. The molecule has 9 nitrogen and oxygen atoms in total. The lowest BCUT2D eigenvalue weighted by molar-refractivity contribution is -0.137. The lowest BCUT2D eigenvalue weighted by atomic mass is 10.1. The van der Waals surface area contributed by atoms with Crippen molar-refractivity contribution in [2.24, 2.45) is 0 Å². The van der Waals surface area contributed by atoms with Gasteiger partial charge in [0.2, 0.25) is 5.88 Å². The number of carbonyl (C=O) groups excluding carboxylic acids is 1. The predicted octanol–water partition coefficient (Wildman–Crippen LogP) is 3.51. The standard InChI is InChI=1S/C17H22F2N4O3.C6H5F2NO/c18-17(19,10-13-4-3-12-2-1-6-20-15(12)21-13)11-23-9-8-22(16(23)26)7-5-14(24)25;7-6(8)10-5-3-1-2-4-9-5/h3-4H,1-2,5-11H2,(H,20,21)(H,24,25);1-4,6H. The van der Waals surface area contributed by atoms with Crippen molar-refractivity contribution < 1.29 is 37.0 Å². The molecule has 13 heteroatoms. The number of halogens is 4. The number of nitrogens with zero attached hydrogens (tertiary/aromatic N) is 4. The zero-order chi connectivity index (χ0) is 26.1. The summed E-state index contributed by atoms with van der Waals surface area (Å²) in [6.45, 7) is -2.23. The number of aliphatic carboxylic acids is 1. The Morgan fingerprint density at radius 2 is 1.97 bits per heavy atom. The van der Waals surface area contributed by atoms with Crippen LogP contribution in [0.3, 0.4) is 0 Å². The Hall–Kier alpha value is -3.64. The van der Waals surface area contributed by atoms with Crippen LogP contribution in [-0.4, -0.2) is 82.1 Å². The number of aryl methyl sites for hydroxylation is 1. The van der Waals surface area contributed by atoms with Gasteiger partial charge in [-0.3, -0.25) is 4.79 Å². The van der Waals surface area contributed by atoms with E-state index in [1.165, 1.54) is 17.2 Å². The number of carbonyl (C=O) groups is 2. The average Bonchev–Trinajstić information content (AvgIpc) is 3.16. The van der Waals surface area contributed by atoms with E-state index in [4.69, 9.17) is 5.11 Å². The molecule has 0 aromatic carbocycles. The second-order valence-electron chi connectivity index (χ2n) is 8.25. The molecular weight excluding hydrogens is 486 g/mol. The minimum absolute atomic E-state index is 0.0360. The summed E-state index contributed by atoms with van der Waals surface area (Å²) in [7, 11) is 0. The number of amides is 2. The molecule has 2 N–H and O–H groups in total. The molecule has 4 rings (SSSR count). The second kappa shape index (κ2) is 12.4. The first-order valence-electron chi connectivity index (χ1n) is 11.3. The summed E-state index contributed by atoms with van der Waals surface area (Å²) >= 11 is 0. The molecule has 1 fully saturated rings. The number of hydrogen-bond donors (Lipinski definition) is 2. The zero-order valence-electron chi connectivity index (χ0n) is 19.4. The second-order valence-corrected chi connectivity index (χ2v) is 8.25. The summed E-state index contributed by atoms with van der Waals surface area (Å²) in [6.07, 6.45) is 2.54. The number of ether oxygens (including phenoxy) is 1. The number of anilines is 1. The summed E-state index contributed by atoms with van der Waals surface area (Å²) in [5.74, 6) is -3.51. The van der Waals surface area contributed by atoms with Crippen LogP contribution in [0, 0.1) is 0 Å². The average molecular weight is 513 g/mol. The van der Waals surface area contributed by atoms with E-state index in [1.807, 2.05) is 6.07 Å². The summed E-state index contributed by atoms with van der Waals surface area (Å²) in [5, 5.41) is 11.8. The van der Waals surface area contributed by atoms with Gasteiger partial charge in [-0.2, -0.15) is 8.78 Å². The summed E-state index contributed by atoms with van der Waals surface area (Å²) in [6, 6.07) is 7.47. The van der Waals surface area contributed by atoms with Crippen molar-refractivity contribution in [3.05, 3.63) is 47.8 Å². The maximum atomic E-state index is 14.4. The smallest absolute Gasteiger partial charge is 0.388 e. The molecule has 1 saturated heterocycles. The van der Waals surface area contributed by atoms with Gasteiger partial charge in [-0.1, -0.05) is 12.1 Å². The van der Waals surface area contributed by atoms with Crippen LogP contribution in [0.2, 0.25) is 0 Å². The van der Waals surface area contributed by atoms with Gasteiger partial charge in [-0.05, 0) is 30.5 Å². The maximum Gasteiger partial charge on any atom is 0.388 e. The molecule has 2 amide bonds. The monoisotopic (exact) mass is 513 g/mol. The first-order chi connectivity index (χ1) is 17.1. The quantitative estimate of drug-likeness (QED) is 0.494. The van der Waals surface area contributed by atoms with Crippen molar-refractivity contribution in [2.75, 3.05) is 38.0 Å². The lowest BCUT2D eigenvalue weighted by Gasteiger charge is -2.24. The van der Waals surface area contributed by atoms with Gasteiger partial charge in [0, 0.05) is 44.1 Å². The van der Waals surface area contributed by atoms with Crippen LogP contribution < -0.4 is 10.1 Å². The van der Waals surface area contributed by atoms with Crippen LogP contribution in [0.4, 0.5) is 28.2 Å². The van der Waals surface area contributed by atoms with Crippen molar-refractivity contribution in [1.29, 1.82) is 0 Å². The molecule has 0 unspecified atom stereocenters. The summed E-state index contributed by atoms with van der Waals surface area (Å²) < 4.78 is 55.8. The van der Waals surface area contributed by atoms with Crippen LogP contribution >= 0.6 is 0 Å². The lowest BCUT2D eigenvalue weighted by Crippen LogP contribution is -2.41. The van der Waals surface area contributed by atoms with Gasteiger partial charge < -0.3 is 25.0 Å². The minimum atomic E-state index is -3.10. The molecule has 2 aromatic rings. The van der Waals surface area contributed by atoms with Gasteiger partial charge in [0.1, 0.15) is 5.82 Å². The molecule has 0 atom stereocenters. The molecule has 4 heterocycles. The Morgan fingerprint density at radius 1 is 1.19 bits per heavy atom. The van der Waals surface area contributed by atoms with Crippen LogP contribution in [0.1, 0.15) is 24.1 Å². The van der Waals surface area contributed by atoms with Gasteiger partial charge in [0.25, 0.3) is 5.92 Å². The van der Waals surface area contributed by atoms with Gasteiger partial charge in [-0.25, -0.2) is 23.5 Å². The Bertz CT molecular complexity index is 1030. The number of nitrogens with one attached hydrogen (secondary N) is 1. The molecule has 0 bridgehead atoms. The fourth-order valence-corrected chi connectivity index (χ4v) is 3.79. The normalized spacial score (nSPS) is 15.2. The number of fused-ring (bicyclic) bond motifs is 1. The van der Waals surface area contributed by atoms with E-state index >= 15 is 0 Å². The molecule has 0 spiro atoms. The van der Waals surface area contributed by atoms with E-state index in [0.717, 1.165) is 29.8 Å². The fraction of sp³-hybridized carbons (Fsp3) is 0.478. The van der Waals surface area contributed by atoms with E-state index < -0.39 is 37.5 Å². The highest BCUT2D eigenvalue weighted by Crippen LogP contribution is 2.26. The van der Waals surface area contributed by atoms with Crippen LogP contribution in [0.5, 0.6) is 5.88 Å². The van der Waals surface area contributed by atoms with E-state index in [0.29, 0.717) is 5.82 Å². The number of hydrogen-bond acceptors (Lipinski definition) is 6. The molecule has 0 aliphatic carbocycles. The number of pyridine rings is 2. The molecule has 0 saturated carbocycles. The molecular formula is C23H27F4N5O4. The summed E-state index contributed by atoms with van der Waals surface area (Å²) in [5.41, 5.74) is 1.32. The van der Waals surface area contributed by atoms with Crippen molar-refractivity contribution in [3.8, 4) is 5.88 Å². The highest BCUT2D eigenvalue weighted by Gasteiger charge is 2.38. The van der Waals surface area contributed by atoms with Gasteiger partial charge in [0.05, 0.1) is 19.4 Å². The van der Waals surface area contributed by atoms with E-state index in [-0.39, 0.29) is 37.6 Å². The van der Waals surface area contributed by atoms with Crippen LogP contribution in [0.25, 0.3) is 0 Å². The number of alkyl halides is 4. The SMILES string of the molecule is FC(F)Oc1ccccn1.O=C(O)CCN1CCN(CC(F)(F)Cc2ccc3c(n2)NCCC3)C1=O. The third-order valence-corrected chi connectivity index (χ3v) is 5.44.